The zero-order chi connectivity index (χ0) is 30.4. The summed E-state index contributed by atoms with van der Waals surface area (Å²) in [6.45, 7) is 11.3. The Balaban J connectivity index is 0.000000190. The molecule has 2 aromatic heterocycles. The van der Waals surface area contributed by atoms with E-state index in [0.29, 0.717) is 11.1 Å². The van der Waals surface area contributed by atoms with E-state index in [4.69, 9.17) is 4.98 Å². The van der Waals surface area contributed by atoms with E-state index in [-0.39, 0.29) is 32.2 Å². The third-order valence-corrected chi connectivity index (χ3v) is 10.9. The predicted molar refractivity (Wildman–Crippen MR) is 187 cm³/mol. The second-order valence-corrected chi connectivity index (χ2v) is 13.9. The van der Waals surface area contributed by atoms with Crippen LogP contribution in [0.1, 0.15) is 47.6 Å². The van der Waals surface area contributed by atoms with Gasteiger partial charge in [-0.05, 0) is 64.9 Å². The van der Waals surface area contributed by atoms with Crippen molar-refractivity contribution in [2.45, 2.75) is 56.0 Å². The molecule has 2 nitrogen and oxygen atoms in total. The average Bonchev–Trinajstić information content (AvgIpc) is 3.44. The number of pyridine rings is 2. The van der Waals surface area contributed by atoms with Gasteiger partial charge in [0.05, 0.1) is 0 Å². The standard InChI is InChI=1S/C26H21BNS.C14H14N.Ir/c1-26(2)20-12-6-7-13-21(20)27(24-18-10-4-3-9-17(18)15-16-28-24)25-23(26)19-11-5-8-14-22(19)29-25;1-10-4-6-13(7-5-10)14-8-11(2)12(3)9-15-14;/h3-12,14-16,23,25H,1-2H3;4-6,8-9H,1-3H3;/q2*-1;. The second kappa shape index (κ2) is 12.7. The van der Waals surface area contributed by atoms with Crippen LogP contribution in [0.25, 0.3) is 22.0 Å². The monoisotopic (exact) mass is 779 g/mol. The molecular weight excluding hydrogens is 744 g/mol. The number of aromatic nitrogens is 2. The first-order chi connectivity index (χ1) is 21.3. The summed E-state index contributed by atoms with van der Waals surface area (Å²) in [5.74, 6) is 0.456. The van der Waals surface area contributed by atoms with Crippen molar-refractivity contribution in [3.05, 3.63) is 149 Å². The van der Waals surface area contributed by atoms with Crippen LogP contribution in [-0.4, -0.2) is 21.8 Å². The van der Waals surface area contributed by atoms with Crippen molar-refractivity contribution in [1.82, 2.24) is 9.97 Å². The van der Waals surface area contributed by atoms with E-state index < -0.39 is 0 Å². The van der Waals surface area contributed by atoms with Crippen LogP contribution in [0, 0.1) is 32.9 Å². The summed E-state index contributed by atoms with van der Waals surface area (Å²) in [5, 5.41) is 2.95. The molecular formula is C40H35BIrN2S-2. The number of hydrogen-bond donors (Lipinski definition) is 0. The third-order valence-electron chi connectivity index (χ3n) is 9.46. The van der Waals surface area contributed by atoms with Gasteiger partial charge in [0.2, 0.25) is 6.71 Å². The maximum Gasteiger partial charge on any atom is 0.223 e. The van der Waals surface area contributed by atoms with Crippen molar-refractivity contribution in [3.8, 4) is 11.3 Å². The van der Waals surface area contributed by atoms with E-state index in [1.807, 2.05) is 30.2 Å². The number of nitrogens with zero attached hydrogens (tertiary/aromatic N) is 2. The Labute approximate surface area is 285 Å². The molecule has 2 aliphatic heterocycles. The summed E-state index contributed by atoms with van der Waals surface area (Å²) in [5.41, 5.74) is 11.3. The van der Waals surface area contributed by atoms with Crippen LogP contribution in [0.2, 0.25) is 0 Å². The number of benzene rings is 4. The fraction of sp³-hybridized carbons (Fsp3) is 0.200. The molecule has 1 radical (unpaired) electrons. The minimum absolute atomic E-state index is 0. The second-order valence-electron chi connectivity index (χ2n) is 12.6. The molecule has 45 heavy (non-hydrogen) atoms. The van der Waals surface area contributed by atoms with Crippen molar-refractivity contribution in [2.75, 3.05) is 0 Å². The molecule has 0 bridgehead atoms. The molecule has 2 aliphatic rings. The largest absolute Gasteiger partial charge is 0.304 e. The Hall–Kier alpha value is -3.50. The Bertz CT molecular complexity index is 1980. The zero-order valence-corrected chi connectivity index (χ0v) is 29.5. The van der Waals surface area contributed by atoms with Crippen LogP contribution in [0.4, 0.5) is 0 Å². The minimum Gasteiger partial charge on any atom is -0.304 e. The summed E-state index contributed by atoms with van der Waals surface area (Å²) in [7, 11) is 0. The molecule has 2 unspecified atom stereocenters. The number of fused-ring (bicyclic) bond motifs is 5. The van der Waals surface area contributed by atoms with E-state index in [1.54, 1.807) is 0 Å². The van der Waals surface area contributed by atoms with Crippen molar-refractivity contribution in [2.24, 2.45) is 0 Å². The average molecular weight is 779 g/mol. The van der Waals surface area contributed by atoms with Crippen LogP contribution in [0.3, 0.4) is 0 Å². The molecule has 4 aromatic carbocycles. The first-order valence-corrected chi connectivity index (χ1v) is 16.2. The summed E-state index contributed by atoms with van der Waals surface area (Å²) < 4.78 is 0. The van der Waals surface area contributed by atoms with Gasteiger partial charge in [0, 0.05) is 48.1 Å². The summed E-state index contributed by atoms with van der Waals surface area (Å²) in [6, 6.07) is 41.4. The fourth-order valence-corrected chi connectivity index (χ4v) is 8.82. The first kappa shape index (κ1) is 31.5. The van der Waals surface area contributed by atoms with Gasteiger partial charge in [-0.25, -0.2) is 0 Å². The molecule has 225 valence electrons. The Morgan fingerprint density at radius 1 is 0.822 bits per heavy atom. The van der Waals surface area contributed by atoms with E-state index in [2.05, 4.69) is 143 Å². The van der Waals surface area contributed by atoms with Gasteiger partial charge < -0.3 is 4.98 Å². The number of thioether (sulfide) groups is 1. The Morgan fingerprint density at radius 2 is 1.62 bits per heavy atom. The van der Waals surface area contributed by atoms with Crippen molar-refractivity contribution in [1.29, 1.82) is 0 Å². The van der Waals surface area contributed by atoms with E-state index in [0.717, 1.165) is 11.3 Å². The van der Waals surface area contributed by atoms with Crippen molar-refractivity contribution in [3.63, 3.8) is 0 Å². The van der Waals surface area contributed by atoms with Gasteiger partial charge >= 0.3 is 0 Å². The van der Waals surface area contributed by atoms with Gasteiger partial charge in [-0.3, -0.25) is 4.98 Å². The summed E-state index contributed by atoms with van der Waals surface area (Å²) in [4.78, 5) is 10.8. The molecule has 6 aromatic rings. The zero-order valence-electron chi connectivity index (χ0n) is 26.3. The fourth-order valence-electron chi connectivity index (χ4n) is 7.01. The van der Waals surface area contributed by atoms with Gasteiger partial charge in [0.25, 0.3) is 0 Å². The smallest absolute Gasteiger partial charge is 0.223 e. The van der Waals surface area contributed by atoms with Gasteiger partial charge in [0.1, 0.15) is 0 Å². The van der Waals surface area contributed by atoms with Crippen LogP contribution >= 0.6 is 11.8 Å². The predicted octanol–water partition coefficient (Wildman–Crippen LogP) is 8.20. The van der Waals surface area contributed by atoms with Gasteiger partial charge in [-0.1, -0.05) is 74.9 Å². The molecule has 0 N–H and O–H groups in total. The molecule has 4 heterocycles. The van der Waals surface area contributed by atoms with Gasteiger partial charge in [0.15, 0.2) is 0 Å². The van der Waals surface area contributed by atoms with Gasteiger partial charge in [-0.15, -0.1) is 47.2 Å². The molecule has 0 spiro atoms. The molecule has 0 aliphatic carbocycles. The molecule has 5 heteroatoms. The maximum atomic E-state index is 4.97. The van der Waals surface area contributed by atoms with Crippen LogP contribution in [0.15, 0.2) is 114 Å². The third kappa shape index (κ3) is 5.72. The van der Waals surface area contributed by atoms with Crippen molar-refractivity contribution < 1.29 is 20.1 Å². The molecule has 8 rings (SSSR count). The van der Waals surface area contributed by atoms with E-state index in [1.165, 1.54) is 54.5 Å². The van der Waals surface area contributed by atoms with E-state index in [9.17, 15) is 0 Å². The molecule has 0 saturated heterocycles. The normalized spacial score (nSPS) is 17.3. The number of rotatable bonds is 2. The SMILES string of the molecule is CC1(C)c2ccc[c-]c2B(c2nccc3ccccc23)C2Sc3ccccc3C21.Cc1c[c-]c(-c2cc(C)c(C)cn2)cc1.[Ir]. The van der Waals surface area contributed by atoms with Gasteiger partial charge in [-0.2, -0.15) is 35.3 Å². The molecule has 0 saturated carbocycles. The topological polar surface area (TPSA) is 25.8 Å². The summed E-state index contributed by atoms with van der Waals surface area (Å²) in [6.07, 6.45) is 3.89. The molecule has 0 amide bonds. The van der Waals surface area contributed by atoms with Crippen LogP contribution in [-0.2, 0) is 25.5 Å². The molecule has 0 fully saturated rings. The Morgan fingerprint density at radius 3 is 2.42 bits per heavy atom. The quantitative estimate of drug-likeness (QED) is 0.131. The van der Waals surface area contributed by atoms with Crippen LogP contribution < -0.4 is 11.1 Å². The van der Waals surface area contributed by atoms with Crippen LogP contribution in [0.5, 0.6) is 0 Å². The minimum atomic E-state index is 0. The first-order valence-electron chi connectivity index (χ1n) is 15.3. The summed E-state index contributed by atoms with van der Waals surface area (Å²) >= 11 is 2.04. The Kier molecular flexibility index (Phi) is 8.90. The maximum absolute atomic E-state index is 4.97. The number of aryl methyl sites for hydroxylation is 3. The molecule has 2 atom stereocenters. The van der Waals surface area contributed by atoms with E-state index >= 15 is 0 Å². The number of hydrogen-bond acceptors (Lipinski definition) is 3. The van der Waals surface area contributed by atoms with Crippen molar-refractivity contribution >= 4 is 40.3 Å².